The Hall–Kier alpha value is -1.49. The molecular formula is C8H8N2. The number of hydrogen-bond acceptors (Lipinski definition) is 2. The Morgan fingerprint density at radius 1 is 1.60 bits per heavy atom. The van der Waals surface area contributed by atoms with Crippen molar-refractivity contribution >= 4 is 0 Å². The van der Waals surface area contributed by atoms with E-state index in [0.29, 0.717) is 5.70 Å². The van der Waals surface area contributed by atoms with Gasteiger partial charge in [-0.2, -0.15) is 5.26 Å². The number of allylic oxidation sites excluding steroid dienone is 2. The second-order valence-electron chi connectivity index (χ2n) is 2.14. The summed E-state index contributed by atoms with van der Waals surface area (Å²) >= 11 is 0. The first kappa shape index (κ1) is 6.63. The summed E-state index contributed by atoms with van der Waals surface area (Å²) in [5, 5.41) is 11.4. The lowest BCUT2D eigenvalue weighted by Gasteiger charge is -2.16. The molecule has 50 valence electrons. The van der Waals surface area contributed by atoms with Crippen molar-refractivity contribution < 1.29 is 0 Å². The molecule has 2 nitrogen and oxygen atoms in total. The van der Waals surface area contributed by atoms with Gasteiger partial charge < -0.3 is 5.32 Å². The Kier molecular flexibility index (Phi) is 1.59. The van der Waals surface area contributed by atoms with Crippen molar-refractivity contribution in [2.24, 2.45) is 5.92 Å². The maximum absolute atomic E-state index is 8.52. The highest BCUT2D eigenvalue weighted by Crippen LogP contribution is 2.13. The van der Waals surface area contributed by atoms with Gasteiger partial charge in [0, 0.05) is 11.4 Å². The maximum Gasteiger partial charge on any atom is 0.104 e. The number of nitriles is 1. The first-order valence-corrected chi connectivity index (χ1v) is 2.96. The number of rotatable bonds is 0. The SMILES string of the molecule is C=C1C=CC(C#N)C(=C)N1. The molecule has 1 unspecified atom stereocenters. The van der Waals surface area contributed by atoms with E-state index < -0.39 is 0 Å². The van der Waals surface area contributed by atoms with Gasteiger partial charge >= 0.3 is 0 Å². The molecule has 0 aromatic heterocycles. The highest BCUT2D eigenvalue weighted by Gasteiger charge is 2.11. The first-order chi connectivity index (χ1) is 4.74. The predicted octanol–water partition coefficient (Wildman–Crippen LogP) is 1.31. The van der Waals surface area contributed by atoms with Gasteiger partial charge in [-0.25, -0.2) is 0 Å². The molecule has 1 aliphatic heterocycles. The van der Waals surface area contributed by atoms with Gasteiger partial charge in [0.25, 0.3) is 0 Å². The van der Waals surface area contributed by atoms with Crippen LogP contribution in [0.2, 0.25) is 0 Å². The fourth-order valence-corrected chi connectivity index (χ4v) is 0.775. The molecule has 0 bridgehead atoms. The Balaban J connectivity index is 2.84. The van der Waals surface area contributed by atoms with Crippen LogP contribution in [0.15, 0.2) is 36.7 Å². The monoisotopic (exact) mass is 132 g/mol. The Bertz CT molecular complexity index is 242. The van der Waals surface area contributed by atoms with Crippen LogP contribution in [0.25, 0.3) is 0 Å². The van der Waals surface area contributed by atoms with Gasteiger partial charge in [-0.05, 0) is 6.08 Å². The van der Waals surface area contributed by atoms with Crippen LogP contribution in [0.3, 0.4) is 0 Å². The number of nitrogens with one attached hydrogen (secondary N) is 1. The molecule has 0 saturated heterocycles. The van der Waals surface area contributed by atoms with Crippen molar-refractivity contribution in [2.45, 2.75) is 0 Å². The molecule has 1 rings (SSSR count). The highest BCUT2D eigenvalue weighted by molar-refractivity contribution is 5.31. The Labute approximate surface area is 60.2 Å². The van der Waals surface area contributed by atoms with Crippen LogP contribution in [-0.4, -0.2) is 0 Å². The normalized spacial score (nSPS) is 23.7. The van der Waals surface area contributed by atoms with Gasteiger partial charge in [-0.15, -0.1) is 0 Å². The van der Waals surface area contributed by atoms with Crippen molar-refractivity contribution in [3.05, 3.63) is 36.7 Å². The molecule has 0 saturated carbocycles. The second kappa shape index (κ2) is 2.40. The van der Waals surface area contributed by atoms with Gasteiger partial charge in [0.1, 0.15) is 5.92 Å². The lowest BCUT2D eigenvalue weighted by molar-refractivity contribution is 0.827. The van der Waals surface area contributed by atoms with Crippen molar-refractivity contribution in [1.29, 1.82) is 5.26 Å². The van der Waals surface area contributed by atoms with E-state index in [2.05, 4.69) is 24.5 Å². The summed E-state index contributed by atoms with van der Waals surface area (Å²) in [6.07, 6.45) is 3.56. The molecule has 0 aromatic carbocycles. The summed E-state index contributed by atoms with van der Waals surface area (Å²) in [4.78, 5) is 0. The van der Waals surface area contributed by atoms with Crippen molar-refractivity contribution in [3.8, 4) is 6.07 Å². The van der Waals surface area contributed by atoms with Gasteiger partial charge in [0.2, 0.25) is 0 Å². The molecule has 10 heavy (non-hydrogen) atoms. The van der Waals surface area contributed by atoms with E-state index in [4.69, 9.17) is 5.26 Å². The third-order valence-electron chi connectivity index (χ3n) is 1.33. The standard InChI is InChI=1S/C8H8N2/c1-6-3-4-8(5-9)7(2)10-6/h3-4,8,10H,1-2H2. The van der Waals surface area contributed by atoms with E-state index in [1.54, 1.807) is 12.2 Å². The van der Waals surface area contributed by atoms with Gasteiger partial charge in [-0.3, -0.25) is 0 Å². The minimum atomic E-state index is -0.203. The molecule has 0 fully saturated rings. The van der Waals surface area contributed by atoms with Crippen molar-refractivity contribution in [1.82, 2.24) is 5.32 Å². The molecule has 1 atom stereocenters. The van der Waals surface area contributed by atoms with Crippen LogP contribution in [0.4, 0.5) is 0 Å². The van der Waals surface area contributed by atoms with E-state index >= 15 is 0 Å². The zero-order chi connectivity index (χ0) is 7.56. The lowest BCUT2D eigenvalue weighted by Crippen LogP contribution is -2.19. The molecule has 1 N–H and O–H groups in total. The molecular weight excluding hydrogens is 124 g/mol. The Morgan fingerprint density at radius 2 is 2.30 bits per heavy atom. The molecule has 0 radical (unpaired) electrons. The molecule has 2 heteroatoms. The summed E-state index contributed by atoms with van der Waals surface area (Å²) in [5.74, 6) is -0.203. The lowest BCUT2D eigenvalue weighted by atomic mass is 10.0. The van der Waals surface area contributed by atoms with Crippen LogP contribution in [0, 0.1) is 17.2 Å². The van der Waals surface area contributed by atoms with E-state index in [1.165, 1.54) is 0 Å². The molecule has 0 aromatic rings. The molecule has 0 aliphatic carbocycles. The third-order valence-corrected chi connectivity index (χ3v) is 1.33. The minimum Gasteiger partial charge on any atom is -0.359 e. The third kappa shape index (κ3) is 1.08. The number of hydrogen-bond donors (Lipinski definition) is 1. The van der Waals surface area contributed by atoms with Crippen LogP contribution in [0.5, 0.6) is 0 Å². The van der Waals surface area contributed by atoms with Crippen molar-refractivity contribution in [3.63, 3.8) is 0 Å². The smallest absolute Gasteiger partial charge is 0.104 e. The summed E-state index contributed by atoms with van der Waals surface area (Å²) in [7, 11) is 0. The van der Waals surface area contributed by atoms with Gasteiger partial charge in [-0.1, -0.05) is 19.2 Å². The highest BCUT2D eigenvalue weighted by atomic mass is 14.9. The fourth-order valence-electron chi connectivity index (χ4n) is 0.775. The fraction of sp³-hybridized carbons (Fsp3) is 0.125. The molecule has 1 heterocycles. The second-order valence-corrected chi connectivity index (χ2v) is 2.14. The van der Waals surface area contributed by atoms with Gasteiger partial charge in [0.15, 0.2) is 0 Å². The average Bonchev–Trinajstić information content (AvgIpc) is 1.88. The van der Waals surface area contributed by atoms with Crippen LogP contribution >= 0.6 is 0 Å². The topological polar surface area (TPSA) is 35.8 Å². The summed E-state index contributed by atoms with van der Waals surface area (Å²) in [6, 6.07) is 2.08. The summed E-state index contributed by atoms with van der Waals surface area (Å²) < 4.78 is 0. The average molecular weight is 132 g/mol. The summed E-state index contributed by atoms with van der Waals surface area (Å²) in [6.45, 7) is 7.34. The maximum atomic E-state index is 8.52. The van der Waals surface area contributed by atoms with E-state index in [9.17, 15) is 0 Å². The largest absolute Gasteiger partial charge is 0.359 e. The van der Waals surface area contributed by atoms with E-state index in [1.807, 2.05) is 0 Å². The van der Waals surface area contributed by atoms with E-state index in [-0.39, 0.29) is 5.92 Å². The zero-order valence-electron chi connectivity index (χ0n) is 5.59. The minimum absolute atomic E-state index is 0.203. The first-order valence-electron chi connectivity index (χ1n) is 2.96. The van der Waals surface area contributed by atoms with Crippen LogP contribution in [-0.2, 0) is 0 Å². The summed E-state index contributed by atoms with van der Waals surface area (Å²) in [5.41, 5.74) is 1.49. The molecule has 0 amide bonds. The Morgan fingerprint density at radius 3 is 2.80 bits per heavy atom. The molecule has 1 aliphatic rings. The predicted molar refractivity (Wildman–Crippen MR) is 39.7 cm³/mol. The number of nitrogens with zero attached hydrogens (tertiary/aromatic N) is 1. The zero-order valence-corrected chi connectivity index (χ0v) is 5.59. The van der Waals surface area contributed by atoms with Gasteiger partial charge in [0.05, 0.1) is 6.07 Å². The molecule has 0 spiro atoms. The van der Waals surface area contributed by atoms with Crippen molar-refractivity contribution in [2.75, 3.05) is 0 Å². The van der Waals surface area contributed by atoms with Crippen LogP contribution < -0.4 is 5.32 Å². The quantitative estimate of drug-likeness (QED) is 0.539. The van der Waals surface area contributed by atoms with Crippen LogP contribution in [0.1, 0.15) is 0 Å². The van der Waals surface area contributed by atoms with E-state index in [0.717, 1.165) is 5.70 Å².